The maximum atomic E-state index is 11.0. The Bertz CT molecular complexity index is 878. The van der Waals surface area contributed by atoms with E-state index in [9.17, 15) is 4.79 Å². The Morgan fingerprint density at radius 2 is 1.90 bits per heavy atom. The largest absolute Gasteiger partial charge is 0.397 e. The third kappa shape index (κ3) is 2.31. The van der Waals surface area contributed by atoms with Crippen LogP contribution in [0.2, 0.25) is 10.0 Å². The lowest BCUT2D eigenvalue weighted by atomic mass is 10.1. The number of thiophene rings is 1. The van der Waals surface area contributed by atoms with Gasteiger partial charge in [-0.05, 0) is 12.1 Å². The summed E-state index contributed by atoms with van der Waals surface area (Å²) in [6.07, 6.45) is 0.691. The number of aromatic nitrogens is 2. The highest BCUT2D eigenvalue weighted by atomic mass is 35.5. The van der Waals surface area contributed by atoms with Gasteiger partial charge in [0, 0.05) is 5.56 Å². The fraction of sp³-hybridized carbons (Fsp3) is 0. The number of carbonyl (C=O) groups is 1. The molecule has 5 nitrogen and oxygen atoms in total. The second-order valence-electron chi connectivity index (χ2n) is 4.24. The maximum absolute atomic E-state index is 11.0. The summed E-state index contributed by atoms with van der Waals surface area (Å²) < 4.78 is 0. The van der Waals surface area contributed by atoms with Crippen LogP contribution in [0.1, 0.15) is 9.67 Å². The average Bonchev–Trinajstić information content (AvgIpc) is 2.77. The molecule has 0 aliphatic heterocycles. The van der Waals surface area contributed by atoms with E-state index in [2.05, 4.69) is 9.97 Å². The molecule has 0 unspecified atom stereocenters. The van der Waals surface area contributed by atoms with Crippen LogP contribution in [0.15, 0.2) is 18.2 Å². The normalized spacial score (nSPS) is 11.0. The Kier molecular flexibility index (Phi) is 3.44. The van der Waals surface area contributed by atoms with Gasteiger partial charge in [-0.15, -0.1) is 11.3 Å². The smallest absolute Gasteiger partial charge is 0.221 e. The minimum atomic E-state index is 0.0993. The SMILES string of the molecule is Nc1nc(-c2ccc(Cl)c(Cl)c2)c2c(N)c(C=O)sc2n1. The average molecular weight is 339 g/mol. The van der Waals surface area contributed by atoms with Crippen molar-refractivity contribution < 1.29 is 4.79 Å². The topological polar surface area (TPSA) is 94.9 Å². The van der Waals surface area contributed by atoms with Gasteiger partial charge < -0.3 is 11.5 Å². The summed E-state index contributed by atoms with van der Waals surface area (Å²) in [5.41, 5.74) is 13.3. The number of nitrogen functional groups attached to an aromatic ring is 2. The second kappa shape index (κ2) is 5.14. The lowest BCUT2D eigenvalue weighted by Gasteiger charge is -2.06. The molecule has 21 heavy (non-hydrogen) atoms. The van der Waals surface area contributed by atoms with Crippen LogP contribution in [-0.4, -0.2) is 16.3 Å². The first-order valence-corrected chi connectivity index (χ1v) is 7.34. The lowest BCUT2D eigenvalue weighted by molar-refractivity contribution is 0.112. The van der Waals surface area contributed by atoms with Crippen molar-refractivity contribution in [1.29, 1.82) is 0 Å². The summed E-state index contributed by atoms with van der Waals surface area (Å²) in [6, 6.07) is 5.09. The predicted molar refractivity (Wildman–Crippen MR) is 87.1 cm³/mol. The molecule has 0 saturated carbocycles. The molecule has 3 aromatic rings. The summed E-state index contributed by atoms with van der Waals surface area (Å²) in [5.74, 6) is 0.0993. The monoisotopic (exact) mass is 338 g/mol. The number of rotatable bonds is 2. The number of carbonyl (C=O) groups excluding carboxylic acids is 1. The predicted octanol–water partition coefficient (Wildman–Crippen LogP) is 3.64. The molecule has 0 aliphatic carbocycles. The van der Waals surface area contributed by atoms with Gasteiger partial charge >= 0.3 is 0 Å². The van der Waals surface area contributed by atoms with E-state index in [1.807, 2.05) is 0 Å². The van der Waals surface area contributed by atoms with Crippen LogP contribution in [0.4, 0.5) is 11.6 Å². The van der Waals surface area contributed by atoms with Crippen molar-refractivity contribution in [3.05, 3.63) is 33.1 Å². The van der Waals surface area contributed by atoms with Gasteiger partial charge in [-0.25, -0.2) is 9.97 Å². The summed E-state index contributed by atoms with van der Waals surface area (Å²) in [4.78, 5) is 20.3. The number of aldehydes is 1. The number of fused-ring (bicyclic) bond motifs is 1. The Balaban J connectivity index is 2.37. The Morgan fingerprint density at radius 3 is 2.57 bits per heavy atom. The molecule has 8 heteroatoms. The molecular weight excluding hydrogens is 331 g/mol. The van der Waals surface area contributed by atoms with E-state index in [0.29, 0.717) is 48.4 Å². The zero-order chi connectivity index (χ0) is 15.1. The highest BCUT2D eigenvalue weighted by molar-refractivity contribution is 7.21. The van der Waals surface area contributed by atoms with E-state index < -0.39 is 0 Å². The van der Waals surface area contributed by atoms with Crippen molar-refractivity contribution in [2.24, 2.45) is 0 Å². The van der Waals surface area contributed by atoms with E-state index >= 15 is 0 Å². The molecule has 0 bridgehead atoms. The molecular formula is C13H8Cl2N4OS. The summed E-state index contributed by atoms with van der Waals surface area (Å²) in [5, 5.41) is 1.42. The molecule has 4 N–H and O–H groups in total. The lowest BCUT2D eigenvalue weighted by Crippen LogP contribution is -1.98. The van der Waals surface area contributed by atoms with E-state index in [1.165, 1.54) is 11.3 Å². The van der Waals surface area contributed by atoms with Crippen LogP contribution in [0.3, 0.4) is 0 Å². The molecule has 2 heterocycles. The van der Waals surface area contributed by atoms with Gasteiger partial charge in [0.2, 0.25) is 5.95 Å². The number of hydrogen-bond acceptors (Lipinski definition) is 6. The third-order valence-corrected chi connectivity index (χ3v) is 4.70. The standard InChI is InChI=1S/C13H8Cl2N4OS/c14-6-2-1-5(3-7(6)15)11-9-10(16)8(4-20)21-12(9)19-13(17)18-11/h1-4H,16H2,(H2,17,18,19). The molecule has 0 radical (unpaired) electrons. The minimum absolute atomic E-state index is 0.0993. The second-order valence-corrected chi connectivity index (χ2v) is 6.08. The van der Waals surface area contributed by atoms with Gasteiger partial charge in [0.15, 0.2) is 6.29 Å². The van der Waals surface area contributed by atoms with E-state index in [1.54, 1.807) is 18.2 Å². The molecule has 0 atom stereocenters. The van der Waals surface area contributed by atoms with E-state index in [4.69, 9.17) is 34.7 Å². The first-order chi connectivity index (χ1) is 10.0. The van der Waals surface area contributed by atoms with Crippen molar-refractivity contribution in [1.82, 2.24) is 9.97 Å². The minimum Gasteiger partial charge on any atom is -0.397 e. The highest BCUT2D eigenvalue weighted by Gasteiger charge is 2.17. The highest BCUT2D eigenvalue weighted by Crippen LogP contribution is 2.39. The molecule has 1 aromatic carbocycles. The fourth-order valence-corrected chi connectivity index (χ4v) is 3.21. The third-order valence-electron chi connectivity index (χ3n) is 2.93. The molecule has 0 saturated heterocycles. The number of benzene rings is 1. The zero-order valence-corrected chi connectivity index (χ0v) is 12.8. The van der Waals surface area contributed by atoms with Gasteiger partial charge in [-0.2, -0.15) is 0 Å². The number of nitrogens with zero attached hydrogens (tertiary/aromatic N) is 2. The quantitative estimate of drug-likeness (QED) is 0.695. The van der Waals surface area contributed by atoms with Crippen LogP contribution < -0.4 is 11.5 Å². The number of nitrogens with two attached hydrogens (primary N) is 2. The maximum Gasteiger partial charge on any atom is 0.221 e. The van der Waals surface area contributed by atoms with Crippen LogP contribution in [-0.2, 0) is 0 Å². The van der Waals surface area contributed by atoms with Gasteiger partial charge in [-0.3, -0.25) is 4.79 Å². The van der Waals surface area contributed by atoms with E-state index in [-0.39, 0.29) is 5.95 Å². The van der Waals surface area contributed by atoms with Crippen molar-refractivity contribution in [3.8, 4) is 11.3 Å². The Labute approximate surface area is 133 Å². The molecule has 0 spiro atoms. The van der Waals surface area contributed by atoms with Gasteiger partial charge in [0.05, 0.1) is 31.7 Å². The Morgan fingerprint density at radius 1 is 1.14 bits per heavy atom. The van der Waals surface area contributed by atoms with Crippen LogP contribution >= 0.6 is 34.5 Å². The first kappa shape index (κ1) is 14.1. The molecule has 3 rings (SSSR count). The van der Waals surface area contributed by atoms with Crippen molar-refractivity contribution in [3.63, 3.8) is 0 Å². The number of halogens is 2. The summed E-state index contributed by atoms with van der Waals surface area (Å²) in [7, 11) is 0. The van der Waals surface area contributed by atoms with Crippen LogP contribution in [0, 0.1) is 0 Å². The van der Waals surface area contributed by atoms with Crippen molar-refractivity contribution >= 4 is 62.7 Å². The van der Waals surface area contributed by atoms with Crippen molar-refractivity contribution in [2.45, 2.75) is 0 Å². The number of hydrogen-bond donors (Lipinski definition) is 2. The van der Waals surface area contributed by atoms with Crippen LogP contribution in [0.25, 0.3) is 21.5 Å². The van der Waals surface area contributed by atoms with Gasteiger partial charge in [0.1, 0.15) is 4.83 Å². The molecule has 2 aromatic heterocycles. The molecule has 0 aliphatic rings. The van der Waals surface area contributed by atoms with Crippen LogP contribution in [0.5, 0.6) is 0 Å². The summed E-state index contributed by atoms with van der Waals surface area (Å²) >= 11 is 13.1. The molecule has 0 fully saturated rings. The van der Waals surface area contributed by atoms with Gasteiger partial charge in [-0.1, -0.05) is 29.3 Å². The molecule has 0 amide bonds. The first-order valence-electron chi connectivity index (χ1n) is 5.77. The summed E-state index contributed by atoms with van der Waals surface area (Å²) in [6.45, 7) is 0. The molecule has 106 valence electrons. The fourth-order valence-electron chi connectivity index (χ4n) is 2.00. The Hall–Kier alpha value is -1.89. The van der Waals surface area contributed by atoms with Gasteiger partial charge in [0.25, 0.3) is 0 Å². The van der Waals surface area contributed by atoms with Crippen molar-refractivity contribution in [2.75, 3.05) is 11.5 Å². The zero-order valence-electron chi connectivity index (χ0n) is 10.4. The van der Waals surface area contributed by atoms with E-state index in [0.717, 1.165) is 0 Å². The number of anilines is 2.